The number of carbonyl (C=O) groups is 2. The summed E-state index contributed by atoms with van der Waals surface area (Å²) in [6.07, 6.45) is 3.23. The second-order valence-electron chi connectivity index (χ2n) is 7.64. The molecule has 5 heteroatoms. The van der Waals surface area contributed by atoms with Crippen molar-refractivity contribution in [2.75, 3.05) is 11.9 Å². The van der Waals surface area contributed by atoms with Crippen molar-refractivity contribution in [3.05, 3.63) is 65.2 Å². The molecule has 0 spiro atoms. The van der Waals surface area contributed by atoms with Gasteiger partial charge in [-0.15, -0.1) is 0 Å². The van der Waals surface area contributed by atoms with Gasteiger partial charge < -0.3 is 15.5 Å². The molecule has 28 heavy (non-hydrogen) atoms. The highest BCUT2D eigenvalue weighted by Crippen LogP contribution is 2.23. The van der Waals surface area contributed by atoms with Gasteiger partial charge in [0.05, 0.1) is 6.04 Å². The van der Waals surface area contributed by atoms with Crippen molar-refractivity contribution < 1.29 is 9.59 Å². The van der Waals surface area contributed by atoms with Crippen molar-refractivity contribution >= 4 is 17.5 Å². The fourth-order valence-electron chi connectivity index (χ4n) is 4.18. The molecule has 2 N–H and O–H groups in total. The number of carbonyl (C=O) groups excluding carboxylic acids is 2. The molecule has 0 radical (unpaired) electrons. The lowest BCUT2D eigenvalue weighted by atomic mass is 9.95. The summed E-state index contributed by atoms with van der Waals surface area (Å²) in [7, 11) is 0. The molecule has 2 aliphatic rings. The molecular formula is C23H27N3O2. The fraction of sp³-hybridized carbons (Fsp3) is 0.391. The number of nitrogens with zero attached hydrogens (tertiary/aromatic N) is 1. The average Bonchev–Trinajstić information content (AvgIpc) is 3.23. The second-order valence-corrected chi connectivity index (χ2v) is 7.64. The predicted molar refractivity (Wildman–Crippen MR) is 110 cm³/mol. The standard InChI is InChI=1S/C23H27N3O2/c1-2-16-9-11-19(12-10-16)25-22(27)21-8-5-13-26(21)23(28)20-14-17-6-3-4-7-18(17)15-24-20/h3-4,6-7,9-12,20-21,24H,2,5,8,13-15H2,1H3,(H,25,27)/t20-,21-/m0/s1. The first kappa shape index (κ1) is 18.7. The van der Waals surface area contributed by atoms with Gasteiger partial charge in [-0.25, -0.2) is 0 Å². The highest BCUT2D eigenvalue weighted by atomic mass is 16.2. The van der Waals surface area contributed by atoms with Crippen molar-refractivity contribution in [1.82, 2.24) is 10.2 Å². The summed E-state index contributed by atoms with van der Waals surface area (Å²) in [6, 6.07) is 15.5. The number of anilines is 1. The Balaban J connectivity index is 1.42. The summed E-state index contributed by atoms with van der Waals surface area (Å²) in [6.45, 7) is 3.44. The molecule has 0 unspecified atom stereocenters. The molecule has 1 fully saturated rings. The Hall–Kier alpha value is -2.66. The summed E-state index contributed by atoms with van der Waals surface area (Å²) in [4.78, 5) is 27.7. The Labute approximate surface area is 166 Å². The van der Waals surface area contributed by atoms with Crippen LogP contribution in [-0.2, 0) is 29.0 Å². The van der Waals surface area contributed by atoms with Gasteiger partial charge in [0.2, 0.25) is 11.8 Å². The number of hydrogen-bond acceptors (Lipinski definition) is 3. The van der Waals surface area contributed by atoms with Crippen LogP contribution >= 0.6 is 0 Å². The van der Waals surface area contributed by atoms with Gasteiger partial charge in [0, 0.05) is 18.8 Å². The third-order valence-electron chi connectivity index (χ3n) is 5.85. The Morgan fingerprint density at radius 3 is 2.61 bits per heavy atom. The van der Waals surface area contributed by atoms with Gasteiger partial charge in [0.1, 0.15) is 6.04 Å². The molecule has 2 amide bonds. The van der Waals surface area contributed by atoms with Crippen LogP contribution < -0.4 is 10.6 Å². The molecule has 2 aliphatic heterocycles. The first-order valence-corrected chi connectivity index (χ1v) is 10.2. The highest BCUT2D eigenvalue weighted by molar-refractivity contribution is 5.98. The van der Waals surface area contributed by atoms with Crippen LogP contribution in [0.1, 0.15) is 36.5 Å². The maximum absolute atomic E-state index is 13.1. The maximum atomic E-state index is 13.1. The second kappa shape index (κ2) is 8.15. The van der Waals surface area contributed by atoms with Crippen LogP contribution in [0.25, 0.3) is 0 Å². The van der Waals surface area contributed by atoms with Gasteiger partial charge in [-0.3, -0.25) is 9.59 Å². The van der Waals surface area contributed by atoms with E-state index in [1.165, 1.54) is 16.7 Å². The van der Waals surface area contributed by atoms with Gasteiger partial charge in [0.15, 0.2) is 0 Å². The molecular weight excluding hydrogens is 350 g/mol. The molecule has 146 valence electrons. The number of amides is 2. The molecule has 0 aliphatic carbocycles. The van der Waals surface area contributed by atoms with Crippen LogP contribution in [0.15, 0.2) is 48.5 Å². The zero-order valence-corrected chi connectivity index (χ0v) is 16.3. The van der Waals surface area contributed by atoms with Crippen LogP contribution in [-0.4, -0.2) is 35.3 Å². The number of hydrogen-bond donors (Lipinski definition) is 2. The summed E-state index contributed by atoms with van der Waals surface area (Å²) < 4.78 is 0. The van der Waals surface area contributed by atoms with E-state index in [1.807, 2.05) is 36.4 Å². The monoisotopic (exact) mass is 377 g/mol. The zero-order valence-electron chi connectivity index (χ0n) is 16.3. The van der Waals surface area contributed by atoms with Gasteiger partial charge >= 0.3 is 0 Å². The molecule has 4 rings (SSSR count). The summed E-state index contributed by atoms with van der Waals surface area (Å²) in [5.41, 5.74) is 4.49. The number of benzene rings is 2. The summed E-state index contributed by atoms with van der Waals surface area (Å²) in [5, 5.41) is 6.34. The molecule has 2 aromatic rings. The Kier molecular flexibility index (Phi) is 5.44. The molecule has 2 atom stereocenters. The molecule has 0 bridgehead atoms. The number of rotatable bonds is 4. The molecule has 1 saturated heterocycles. The van der Waals surface area contributed by atoms with E-state index < -0.39 is 6.04 Å². The van der Waals surface area contributed by atoms with Crippen LogP contribution in [0.5, 0.6) is 0 Å². The lowest BCUT2D eigenvalue weighted by molar-refractivity contribution is -0.138. The van der Waals surface area contributed by atoms with E-state index in [1.54, 1.807) is 4.90 Å². The lowest BCUT2D eigenvalue weighted by Crippen LogP contribution is -2.53. The number of aryl methyl sites for hydroxylation is 1. The zero-order chi connectivity index (χ0) is 19.5. The Morgan fingerprint density at radius 1 is 1.11 bits per heavy atom. The van der Waals surface area contributed by atoms with E-state index in [0.717, 1.165) is 18.5 Å². The van der Waals surface area contributed by atoms with Gasteiger partial charge in [0.25, 0.3) is 0 Å². The minimum absolute atomic E-state index is 0.0356. The lowest BCUT2D eigenvalue weighted by Gasteiger charge is -2.31. The Morgan fingerprint density at radius 2 is 1.86 bits per heavy atom. The summed E-state index contributed by atoms with van der Waals surface area (Å²) in [5.74, 6) is -0.0557. The third kappa shape index (κ3) is 3.80. The topological polar surface area (TPSA) is 61.4 Å². The minimum Gasteiger partial charge on any atom is -0.329 e. The van der Waals surface area contributed by atoms with Crippen LogP contribution in [0.2, 0.25) is 0 Å². The number of likely N-dealkylation sites (tertiary alicyclic amines) is 1. The first-order valence-electron chi connectivity index (χ1n) is 10.2. The van der Waals surface area contributed by atoms with Gasteiger partial charge in [-0.1, -0.05) is 43.3 Å². The highest BCUT2D eigenvalue weighted by Gasteiger charge is 2.38. The normalized spacial score (nSPS) is 21.2. The molecule has 5 nitrogen and oxygen atoms in total. The first-order chi connectivity index (χ1) is 13.7. The van der Waals surface area contributed by atoms with E-state index >= 15 is 0 Å². The molecule has 2 heterocycles. The van der Waals surface area contributed by atoms with Crippen LogP contribution in [0, 0.1) is 0 Å². The van der Waals surface area contributed by atoms with E-state index in [9.17, 15) is 9.59 Å². The largest absolute Gasteiger partial charge is 0.329 e. The average molecular weight is 377 g/mol. The molecule has 2 aromatic carbocycles. The van der Waals surface area contributed by atoms with E-state index in [4.69, 9.17) is 0 Å². The van der Waals surface area contributed by atoms with Crippen molar-refractivity contribution in [2.24, 2.45) is 0 Å². The van der Waals surface area contributed by atoms with E-state index in [-0.39, 0.29) is 17.9 Å². The van der Waals surface area contributed by atoms with E-state index in [0.29, 0.717) is 25.9 Å². The van der Waals surface area contributed by atoms with Crippen molar-refractivity contribution in [3.63, 3.8) is 0 Å². The summed E-state index contributed by atoms with van der Waals surface area (Å²) >= 11 is 0. The SMILES string of the molecule is CCc1ccc(NC(=O)[C@@H]2CCCN2C(=O)[C@@H]2Cc3ccccc3CN2)cc1. The number of fused-ring (bicyclic) bond motifs is 1. The number of nitrogens with one attached hydrogen (secondary N) is 2. The van der Waals surface area contributed by atoms with Gasteiger partial charge in [-0.05, 0) is 54.5 Å². The van der Waals surface area contributed by atoms with Crippen LogP contribution in [0.3, 0.4) is 0 Å². The maximum Gasteiger partial charge on any atom is 0.247 e. The van der Waals surface area contributed by atoms with Crippen molar-refractivity contribution in [2.45, 2.75) is 51.2 Å². The van der Waals surface area contributed by atoms with Crippen LogP contribution in [0.4, 0.5) is 5.69 Å². The molecule has 0 aromatic heterocycles. The fourth-order valence-corrected chi connectivity index (χ4v) is 4.18. The molecule has 0 saturated carbocycles. The predicted octanol–water partition coefficient (Wildman–Crippen LogP) is 2.89. The van der Waals surface area contributed by atoms with E-state index in [2.05, 4.69) is 29.7 Å². The van der Waals surface area contributed by atoms with Crippen molar-refractivity contribution in [3.8, 4) is 0 Å². The smallest absolute Gasteiger partial charge is 0.247 e. The minimum atomic E-state index is -0.391. The van der Waals surface area contributed by atoms with Crippen molar-refractivity contribution in [1.29, 1.82) is 0 Å². The van der Waals surface area contributed by atoms with Gasteiger partial charge in [-0.2, -0.15) is 0 Å². The quantitative estimate of drug-likeness (QED) is 0.861. The third-order valence-corrected chi connectivity index (χ3v) is 5.85. The Bertz CT molecular complexity index is 862.